The number of carbonyl (C=O) groups is 1. The van der Waals surface area contributed by atoms with E-state index in [4.69, 9.17) is 11.6 Å². The zero-order valence-corrected chi connectivity index (χ0v) is 15.2. The number of carbonyl (C=O) groups excluding carboxylic acids is 1. The molecule has 3 aromatic rings. The second-order valence-corrected chi connectivity index (χ2v) is 7.63. The van der Waals surface area contributed by atoms with Gasteiger partial charge >= 0.3 is 0 Å². The summed E-state index contributed by atoms with van der Waals surface area (Å²) in [5, 5.41) is 6.92. The number of benzene rings is 1. The van der Waals surface area contributed by atoms with Gasteiger partial charge in [0.1, 0.15) is 5.82 Å². The van der Waals surface area contributed by atoms with E-state index in [2.05, 4.69) is 26.6 Å². The first-order valence-corrected chi connectivity index (χ1v) is 9.60. The Morgan fingerprint density at radius 3 is 2.92 bits per heavy atom. The van der Waals surface area contributed by atoms with Crippen molar-refractivity contribution in [2.45, 2.75) is 12.8 Å². The number of anilines is 2. The van der Waals surface area contributed by atoms with Crippen LogP contribution in [-0.2, 0) is 4.79 Å². The van der Waals surface area contributed by atoms with Crippen LogP contribution in [0.5, 0.6) is 0 Å². The number of nitrogens with one attached hydrogen (secondary N) is 1. The fraction of sp³-hybridized carbons (Fsp3) is 0.263. The van der Waals surface area contributed by atoms with Crippen LogP contribution in [0, 0.1) is 5.92 Å². The molecule has 1 aliphatic rings. The average molecular weight is 372 g/mol. The van der Waals surface area contributed by atoms with Crippen molar-refractivity contribution in [2.24, 2.45) is 5.92 Å². The Morgan fingerprint density at radius 1 is 1.24 bits per heavy atom. The molecule has 1 aromatic carbocycles. The SMILES string of the molecule is O=C(Nc1ccc(Cl)cc1)C1CCCN(c2nccc3sccc23)C1. The minimum atomic E-state index is -0.0416. The minimum Gasteiger partial charge on any atom is -0.355 e. The Bertz CT molecular complexity index is 893. The van der Waals surface area contributed by atoms with E-state index in [1.807, 2.05) is 24.4 Å². The first-order chi connectivity index (χ1) is 12.2. The number of hydrogen-bond donors (Lipinski definition) is 1. The van der Waals surface area contributed by atoms with E-state index in [0.29, 0.717) is 11.6 Å². The summed E-state index contributed by atoms with van der Waals surface area (Å²) in [6.45, 7) is 1.63. The van der Waals surface area contributed by atoms with Crippen molar-refractivity contribution >= 4 is 50.4 Å². The predicted molar refractivity (Wildman–Crippen MR) is 105 cm³/mol. The van der Waals surface area contributed by atoms with Gasteiger partial charge in [-0.1, -0.05) is 11.6 Å². The lowest BCUT2D eigenvalue weighted by Crippen LogP contribution is -2.41. The molecule has 0 aliphatic carbocycles. The molecular weight excluding hydrogens is 354 g/mol. The van der Waals surface area contributed by atoms with E-state index < -0.39 is 0 Å². The molecule has 0 spiro atoms. The molecule has 1 atom stereocenters. The molecule has 6 heteroatoms. The van der Waals surface area contributed by atoms with E-state index in [1.54, 1.807) is 23.5 Å². The van der Waals surface area contributed by atoms with Gasteiger partial charge in [0.25, 0.3) is 0 Å². The molecule has 1 fully saturated rings. The molecule has 0 bridgehead atoms. The number of fused-ring (bicyclic) bond motifs is 1. The van der Waals surface area contributed by atoms with Gasteiger partial charge in [-0.05, 0) is 54.6 Å². The first kappa shape index (κ1) is 16.4. The number of piperidine rings is 1. The normalized spacial score (nSPS) is 17.6. The third-order valence-electron chi connectivity index (χ3n) is 4.56. The third kappa shape index (κ3) is 3.48. The number of rotatable bonds is 3. The molecule has 1 N–H and O–H groups in total. The Balaban J connectivity index is 1.50. The van der Waals surface area contributed by atoms with E-state index in [0.717, 1.165) is 30.9 Å². The molecule has 4 nitrogen and oxygen atoms in total. The summed E-state index contributed by atoms with van der Waals surface area (Å²) in [5.74, 6) is 1.01. The third-order valence-corrected chi connectivity index (χ3v) is 5.70. The summed E-state index contributed by atoms with van der Waals surface area (Å²) >= 11 is 7.62. The number of pyridine rings is 1. The maximum Gasteiger partial charge on any atom is 0.229 e. The number of nitrogens with zero attached hydrogens (tertiary/aromatic N) is 2. The lowest BCUT2D eigenvalue weighted by molar-refractivity contribution is -0.120. The Hall–Kier alpha value is -2.11. The van der Waals surface area contributed by atoms with Crippen molar-refractivity contribution in [1.29, 1.82) is 0 Å². The average Bonchev–Trinajstić information content (AvgIpc) is 3.12. The van der Waals surface area contributed by atoms with E-state index >= 15 is 0 Å². The monoisotopic (exact) mass is 371 g/mol. The maximum absolute atomic E-state index is 12.7. The van der Waals surface area contributed by atoms with Crippen LogP contribution in [-0.4, -0.2) is 24.0 Å². The highest BCUT2D eigenvalue weighted by atomic mass is 35.5. The first-order valence-electron chi connectivity index (χ1n) is 8.34. The number of amides is 1. The Kier molecular flexibility index (Phi) is 4.59. The fourth-order valence-corrected chi connectivity index (χ4v) is 4.20. The molecule has 128 valence electrons. The van der Waals surface area contributed by atoms with Crippen LogP contribution in [0.2, 0.25) is 5.02 Å². The zero-order valence-electron chi connectivity index (χ0n) is 13.6. The van der Waals surface area contributed by atoms with E-state index in [1.165, 1.54) is 10.1 Å². The van der Waals surface area contributed by atoms with Crippen LogP contribution in [0.15, 0.2) is 48.0 Å². The number of halogens is 1. The molecule has 4 rings (SSSR count). The highest BCUT2D eigenvalue weighted by Crippen LogP contribution is 2.31. The molecule has 1 saturated heterocycles. The van der Waals surface area contributed by atoms with Crippen molar-refractivity contribution in [2.75, 3.05) is 23.3 Å². The summed E-state index contributed by atoms with van der Waals surface area (Å²) < 4.78 is 1.23. The van der Waals surface area contributed by atoms with Gasteiger partial charge in [0.2, 0.25) is 5.91 Å². The lowest BCUT2D eigenvalue weighted by atomic mass is 9.96. The molecule has 1 amide bonds. The van der Waals surface area contributed by atoms with Crippen LogP contribution in [0.4, 0.5) is 11.5 Å². The summed E-state index contributed by atoms with van der Waals surface area (Å²) in [6, 6.07) is 11.4. The minimum absolute atomic E-state index is 0.0416. The second-order valence-electron chi connectivity index (χ2n) is 6.25. The highest BCUT2D eigenvalue weighted by molar-refractivity contribution is 7.17. The van der Waals surface area contributed by atoms with Gasteiger partial charge in [0.15, 0.2) is 0 Å². The van der Waals surface area contributed by atoms with Crippen molar-refractivity contribution in [3.05, 3.63) is 53.0 Å². The van der Waals surface area contributed by atoms with Crippen molar-refractivity contribution in [3.63, 3.8) is 0 Å². The molecular formula is C19H18ClN3OS. The molecule has 0 radical (unpaired) electrons. The van der Waals surface area contributed by atoms with Crippen molar-refractivity contribution in [3.8, 4) is 0 Å². The van der Waals surface area contributed by atoms with Gasteiger partial charge in [-0.3, -0.25) is 4.79 Å². The number of aromatic nitrogens is 1. The van der Waals surface area contributed by atoms with Crippen LogP contribution >= 0.6 is 22.9 Å². The highest BCUT2D eigenvalue weighted by Gasteiger charge is 2.27. The van der Waals surface area contributed by atoms with Gasteiger partial charge in [-0.2, -0.15) is 0 Å². The predicted octanol–water partition coefficient (Wildman–Crippen LogP) is 4.80. The molecule has 3 heterocycles. The topological polar surface area (TPSA) is 45.2 Å². The lowest BCUT2D eigenvalue weighted by Gasteiger charge is -2.33. The number of hydrogen-bond acceptors (Lipinski definition) is 4. The molecule has 25 heavy (non-hydrogen) atoms. The summed E-state index contributed by atoms with van der Waals surface area (Å²) in [4.78, 5) is 19.5. The van der Waals surface area contributed by atoms with Gasteiger partial charge < -0.3 is 10.2 Å². The zero-order chi connectivity index (χ0) is 17.2. The molecule has 0 saturated carbocycles. The summed E-state index contributed by atoms with van der Waals surface area (Å²) in [7, 11) is 0. The van der Waals surface area contributed by atoms with Crippen LogP contribution in [0.1, 0.15) is 12.8 Å². The van der Waals surface area contributed by atoms with Crippen LogP contribution in [0.25, 0.3) is 10.1 Å². The Labute approximate surface area is 155 Å². The number of thiophene rings is 1. The smallest absolute Gasteiger partial charge is 0.229 e. The Morgan fingerprint density at radius 2 is 2.08 bits per heavy atom. The summed E-state index contributed by atoms with van der Waals surface area (Å²) in [5.41, 5.74) is 0.782. The second kappa shape index (κ2) is 7.02. The maximum atomic E-state index is 12.7. The van der Waals surface area contributed by atoms with Gasteiger partial charge in [-0.15, -0.1) is 11.3 Å². The van der Waals surface area contributed by atoms with Gasteiger partial charge in [0, 0.05) is 40.1 Å². The van der Waals surface area contributed by atoms with Crippen molar-refractivity contribution < 1.29 is 4.79 Å². The van der Waals surface area contributed by atoms with Crippen LogP contribution < -0.4 is 10.2 Å². The van der Waals surface area contributed by atoms with Crippen LogP contribution in [0.3, 0.4) is 0 Å². The standard InChI is InChI=1S/C19H18ClN3OS/c20-14-3-5-15(6-4-14)22-19(24)13-2-1-10-23(12-13)18-16-8-11-25-17(16)7-9-21-18/h3-9,11,13H,1-2,10,12H2,(H,22,24). The summed E-state index contributed by atoms with van der Waals surface area (Å²) in [6.07, 6.45) is 3.74. The molecule has 2 aromatic heterocycles. The quantitative estimate of drug-likeness (QED) is 0.718. The van der Waals surface area contributed by atoms with E-state index in [9.17, 15) is 4.79 Å². The molecule has 1 unspecified atom stereocenters. The fourth-order valence-electron chi connectivity index (χ4n) is 3.29. The van der Waals surface area contributed by atoms with Gasteiger partial charge in [0.05, 0.1) is 5.92 Å². The van der Waals surface area contributed by atoms with E-state index in [-0.39, 0.29) is 11.8 Å². The van der Waals surface area contributed by atoms with Crippen molar-refractivity contribution in [1.82, 2.24) is 4.98 Å². The van der Waals surface area contributed by atoms with Gasteiger partial charge in [-0.25, -0.2) is 4.98 Å². The molecule has 1 aliphatic heterocycles. The largest absolute Gasteiger partial charge is 0.355 e.